The summed E-state index contributed by atoms with van der Waals surface area (Å²) in [5, 5.41) is 17.0. The number of aromatic nitrogens is 3. The summed E-state index contributed by atoms with van der Waals surface area (Å²) in [6.45, 7) is 0.353. The number of amides is 1. The first-order valence-corrected chi connectivity index (χ1v) is 7.62. The van der Waals surface area contributed by atoms with Crippen LogP contribution in [0.1, 0.15) is 23.3 Å². The van der Waals surface area contributed by atoms with E-state index in [1.807, 2.05) is 30.3 Å². The third kappa shape index (κ3) is 3.28. The zero-order valence-electron chi connectivity index (χ0n) is 13.2. The number of hydrogen-bond acceptors (Lipinski definition) is 5. The molecular formula is C16H18N4O4. The molecule has 8 nitrogen and oxygen atoms in total. The molecule has 2 heterocycles. The number of carbonyl (C=O) groups excluding carboxylic acids is 1. The van der Waals surface area contributed by atoms with Crippen molar-refractivity contribution in [3.05, 3.63) is 42.2 Å². The molecule has 0 bridgehead atoms. The number of para-hydroxylation sites is 1. The molecule has 1 aliphatic heterocycles. The van der Waals surface area contributed by atoms with Gasteiger partial charge in [-0.25, -0.2) is 4.68 Å². The number of carboxylic acids is 1. The van der Waals surface area contributed by atoms with Crippen molar-refractivity contribution >= 4 is 11.9 Å². The number of hydrogen-bond donors (Lipinski definition) is 1. The maximum absolute atomic E-state index is 12.7. The summed E-state index contributed by atoms with van der Waals surface area (Å²) in [5.41, 5.74) is 0.980. The highest BCUT2D eigenvalue weighted by Gasteiger charge is 2.37. The summed E-state index contributed by atoms with van der Waals surface area (Å²) >= 11 is 0. The Balaban J connectivity index is 1.80. The normalized spacial score (nSPS) is 20.3. The van der Waals surface area contributed by atoms with Gasteiger partial charge in [0.15, 0.2) is 5.69 Å². The van der Waals surface area contributed by atoms with Gasteiger partial charge in [-0.3, -0.25) is 9.59 Å². The minimum Gasteiger partial charge on any atom is -0.481 e. The standard InChI is InChI=1S/C16H18N4O4/c1-24-13-7-12(8-15(21)22)19(9-13)16(23)14-10-20(18-17-14)11-5-3-2-4-6-11/h2-6,10,12-13H,7-9H2,1H3,(H,21,22). The van der Waals surface area contributed by atoms with Crippen LogP contribution in [-0.2, 0) is 9.53 Å². The lowest BCUT2D eigenvalue weighted by Crippen LogP contribution is -2.37. The third-order valence-corrected chi connectivity index (χ3v) is 4.11. The van der Waals surface area contributed by atoms with Gasteiger partial charge in [-0.05, 0) is 18.6 Å². The van der Waals surface area contributed by atoms with Gasteiger partial charge in [0.2, 0.25) is 0 Å². The largest absolute Gasteiger partial charge is 0.481 e. The Labute approximate surface area is 138 Å². The van der Waals surface area contributed by atoms with E-state index in [1.165, 1.54) is 9.58 Å². The molecule has 1 fully saturated rings. The molecule has 1 aromatic carbocycles. The number of nitrogens with zero attached hydrogens (tertiary/aromatic N) is 4. The molecule has 0 radical (unpaired) electrons. The van der Waals surface area contributed by atoms with E-state index in [9.17, 15) is 9.59 Å². The lowest BCUT2D eigenvalue weighted by molar-refractivity contribution is -0.138. The molecule has 2 atom stereocenters. The first-order chi connectivity index (χ1) is 11.6. The lowest BCUT2D eigenvalue weighted by atomic mass is 10.1. The van der Waals surface area contributed by atoms with Crippen LogP contribution in [0.15, 0.2) is 36.5 Å². The van der Waals surface area contributed by atoms with Gasteiger partial charge in [0.25, 0.3) is 5.91 Å². The number of ether oxygens (including phenoxy) is 1. The van der Waals surface area contributed by atoms with Crippen molar-refractivity contribution in [2.24, 2.45) is 0 Å². The zero-order valence-corrected chi connectivity index (χ0v) is 13.2. The molecule has 0 aliphatic carbocycles. The second-order valence-electron chi connectivity index (χ2n) is 5.69. The molecule has 126 valence electrons. The highest BCUT2D eigenvalue weighted by molar-refractivity contribution is 5.92. The third-order valence-electron chi connectivity index (χ3n) is 4.11. The van der Waals surface area contributed by atoms with E-state index in [1.54, 1.807) is 13.3 Å². The maximum Gasteiger partial charge on any atom is 0.305 e. The molecule has 0 saturated carbocycles. The van der Waals surface area contributed by atoms with Crippen LogP contribution in [0.2, 0.25) is 0 Å². The van der Waals surface area contributed by atoms with Crippen molar-refractivity contribution < 1.29 is 19.4 Å². The summed E-state index contributed by atoms with van der Waals surface area (Å²) < 4.78 is 6.80. The molecule has 2 aromatic rings. The van der Waals surface area contributed by atoms with Gasteiger partial charge in [-0.15, -0.1) is 5.10 Å². The number of methoxy groups -OCH3 is 1. The minimum absolute atomic E-state index is 0.113. The van der Waals surface area contributed by atoms with Crippen LogP contribution in [0.5, 0.6) is 0 Å². The van der Waals surface area contributed by atoms with E-state index in [-0.39, 0.29) is 24.1 Å². The van der Waals surface area contributed by atoms with E-state index in [2.05, 4.69) is 10.3 Å². The molecule has 1 aliphatic rings. The van der Waals surface area contributed by atoms with Crippen molar-refractivity contribution in [2.45, 2.75) is 25.0 Å². The van der Waals surface area contributed by atoms with Crippen LogP contribution in [0.4, 0.5) is 0 Å². The zero-order chi connectivity index (χ0) is 17.1. The Kier molecular flexibility index (Phi) is 4.57. The van der Waals surface area contributed by atoms with Crippen LogP contribution >= 0.6 is 0 Å². The monoisotopic (exact) mass is 330 g/mol. The lowest BCUT2D eigenvalue weighted by Gasteiger charge is -2.21. The average Bonchev–Trinajstić information content (AvgIpc) is 3.21. The number of benzene rings is 1. The summed E-state index contributed by atoms with van der Waals surface area (Å²) in [5.74, 6) is -1.27. The molecule has 0 spiro atoms. The summed E-state index contributed by atoms with van der Waals surface area (Å²) in [7, 11) is 1.56. The topological polar surface area (TPSA) is 97.6 Å². The predicted octanol–water partition coefficient (Wildman–Crippen LogP) is 0.971. The van der Waals surface area contributed by atoms with Crippen molar-refractivity contribution in [1.82, 2.24) is 19.9 Å². The van der Waals surface area contributed by atoms with E-state index in [0.717, 1.165) is 5.69 Å². The Morgan fingerprint density at radius 1 is 1.33 bits per heavy atom. The summed E-state index contributed by atoms with van der Waals surface area (Å²) in [6.07, 6.45) is 1.78. The fourth-order valence-corrected chi connectivity index (χ4v) is 2.90. The van der Waals surface area contributed by atoms with Crippen LogP contribution in [0.25, 0.3) is 5.69 Å². The van der Waals surface area contributed by atoms with Crippen LogP contribution in [-0.4, -0.2) is 62.7 Å². The molecule has 24 heavy (non-hydrogen) atoms. The van der Waals surface area contributed by atoms with Crippen LogP contribution in [0.3, 0.4) is 0 Å². The SMILES string of the molecule is COC1CC(CC(=O)O)N(C(=O)c2cn(-c3ccccc3)nn2)C1. The average molecular weight is 330 g/mol. The smallest absolute Gasteiger partial charge is 0.305 e. The number of aliphatic carboxylic acids is 1. The summed E-state index contributed by atoms with van der Waals surface area (Å²) in [6, 6.07) is 8.93. The number of likely N-dealkylation sites (tertiary alicyclic amines) is 1. The first kappa shape index (κ1) is 16.1. The minimum atomic E-state index is -0.942. The summed E-state index contributed by atoms with van der Waals surface area (Å²) in [4.78, 5) is 25.3. The predicted molar refractivity (Wildman–Crippen MR) is 83.9 cm³/mol. The fourth-order valence-electron chi connectivity index (χ4n) is 2.90. The van der Waals surface area contributed by atoms with Gasteiger partial charge in [-0.1, -0.05) is 23.4 Å². The second-order valence-corrected chi connectivity index (χ2v) is 5.69. The van der Waals surface area contributed by atoms with Gasteiger partial charge < -0.3 is 14.7 Å². The van der Waals surface area contributed by atoms with Crippen molar-refractivity contribution in [1.29, 1.82) is 0 Å². The highest BCUT2D eigenvalue weighted by atomic mass is 16.5. The molecule has 1 saturated heterocycles. The van der Waals surface area contributed by atoms with Gasteiger partial charge in [-0.2, -0.15) is 0 Å². The highest BCUT2D eigenvalue weighted by Crippen LogP contribution is 2.24. The van der Waals surface area contributed by atoms with Crippen molar-refractivity contribution in [2.75, 3.05) is 13.7 Å². The molecule has 1 N–H and O–H groups in total. The molecule has 2 unspecified atom stereocenters. The second kappa shape index (κ2) is 6.79. The van der Waals surface area contributed by atoms with E-state index in [4.69, 9.17) is 9.84 Å². The molecule has 3 rings (SSSR count). The number of rotatable bonds is 5. The first-order valence-electron chi connectivity index (χ1n) is 7.62. The van der Waals surface area contributed by atoms with Gasteiger partial charge in [0.1, 0.15) is 0 Å². The Bertz CT molecular complexity index is 731. The Morgan fingerprint density at radius 3 is 2.75 bits per heavy atom. The van der Waals surface area contributed by atoms with E-state index >= 15 is 0 Å². The Morgan fingerprint density at radius 2 is 2.08 bits per heavy atom. The Hall–Kier alpha value is -2.74. The maximum atomic E-state index is 12.7. The van der Waals surface area contributed by atoms with E-state index < -0.39 is 12.0 Å². The number of carboxylic acid groups (broad SMARTS) is 1. The van der Waals surface area contributed by atoms with Crippen LogP contribution < -0.4 is 0 Å². The molecular weight excluding hydrogens is 312 g/mol. The molecule has 8 heteroatoms. The fraction of sp³-hybridized carbons (Fsp3) is 0.375. The van der Waals surface area contributed by atoms with Crippen molar-refractivity contribution in [3.8, 4) is 5.69 Å². The van der Waals surface area contributed by atoms with Gasteiger partial charge in [0, 0.05) is 19.7 Å². The van der Waals surface area contributed by atoms with Gasteiger partial charge >= 0.3 is 5.97 Å². The van der Waals surface area contributed by atoms with Gasteiger partial charge in [0.05, 0.1) is 24.4 Å². The molecule has 1 aromatic heterocycles. The van der Waals surface area contributed by atoms with Crippen LogP contribution in [0, 0.1) is 0 Å². The van der Waals surface area contributed by atoms with E-state index in [0.29, 0.717) is 13.0 Å². The quantitative estimate of drug-likeness (QED) is 0.877. The number of carbonyl (C=O) groups is 2. The molecule has 1 amide bonds. The van der Waals surface area contributed by atoms with Crippen molar-refractivity contribution in [3.63, 3.8) is 0 Å².